The Labute approximate surface area is 163 Å². The number of furan rings is 1. The zero-order valence-corrected chi connectivity index (χ0v) is 15.9. The molecule has 3 heterocycles. The minimum atomic E-state index is -3.67. The molecule has 28 heavy (non-hydrogen) atoms. The molecule has 2 aliphatic heterocycles. The van der Waals surface area contributed by atoms with E-state index in [2.05, 4.69) is 0 Å². The fourth-order valence-electron chi connectivity index (χ4n) is 3.13. The van der Waals surface area contributed by atoms with Crippen LogP contribution in [-0.2, 0) is 14.8 Å². The largest absolute Gasteiger partial charge is 0.486 e. The summed E-state index contributed by atoms with van der Waals surface area (Å²) in [6.07, 6.45) is 4.57. The summed E-state index contributed by atoms with van der Waals surface area (Å²) in [4.78, 5) is 14.1. The van der Waals surface area contributed by atoms with E-state index in [0.717, 1.165) is 0 Å². The van der Waals surface area contributed by atoms with Crippen LogP contribution in [-0.4, -0.2) is 62.9 Å². The lowest BCUT2D eigenvalue weighted by Crippen LogP contribution is -2.50. The monoisotopic (exact) mass is 404 g/mol. The van der Waals surface area contributed by atoms with Crippen LogP contribution in [0.25, 0.3) is 6.08 Å². The van der Waals surface area contributed by atoms with Gasteiger partial charge in [0.15, 0.2) is 11.5 Å². The molecule has 0 atom stereocenters. The molecule has 148 valence electrons. The van der Waals surface area contributed by atoms with Crippen LogP contribution >= 0.6 is 0 Å². The normalized spacial score (nSPS) is 17.8. The fourth-order valence-corrected chi connectivity index (χ4v) is 4.57. The van der Waals surface area contributed by atoms with E-state index in [1.165, 1.54) is 28.8 Å². The van der Waals surface area contributed by atoms with Crippen LogP contribution in [0.15, 0.2) is 52.0 Å². The van der Waals surface area contributed by atoms with Crippen molar-refractivity contribution >= 4 is 22.0 Å². The van der Waals surface area contributed by atoms with Gasteiger partial charge in [-0.25, -0.2) is 8.42 Å². The van der Waals surface area contributed by atoms with E-state index in [1.807, 2.05) is 0 Å². The second kappa shape index (κ2) is 7.69. The summed E-state index contributed by atoms with van der Waals surface area (Å²) >= 11 is 0. The Hall–Kier alpha value is -2.78. The number of sulfonamides is 1. The van der Waals surface area contributed by atoms with Crippen molar-refractivity contribution in [1.29, 1.82) is 0 Å². The number of ether oxygens (including phenoxy) is 2. The highest BCUT2D eigenvalue weighted by molar-refractivity contribution is 7.89. The minimum absolute atomic E-state index is 0.161. The van der Waals surface area contributed by atoms with E-state index in [4.69, 9.17) is 13.9 Å². The van der Waals surface area contributed by atoms with Crippen molar-refractivity contribution in [2.75, 3.05) is 39.4 Å². The van der Waals surface area contributed by atoms with Crippen LogP contribution < -0.4 is 9.47 Å². The predicted molar refractivity (Wildman–Crippen MR) is 101 cm³/mol. The maximum Gasteiger partial charge on any atom is 0.246 e. The number of carbonyl (C=O) groups excluding carboxylic acids is 1. The quantitative estimate of drug-likeness (QED) is 0.719. The first-order valence-corrected chi connectivity index (χ1v) is 10.4. The third-order valence-electron chi connectivity index (χ3n) is 4.64. The lowest BCUT2D eigenvalue weighted by molar-refractivity contribution is -0.127. The van der Waals surface area contributed by atoms with Crippen LogP contribution in [0.5, 0.6) is 11.5 Å². The van der Waals surface area contributed by atoms with Gasteiger partial charge in [-0.1, -0.05) is 0 Å². The van der Waals surface area contributed by atoms with E-state index in [-0.39, 0.29) is 23.9 Å². The topological polar surface area (TPSA) is 89.3 Å². The summed E-state index contributed by atoms with van der Waals surface area (Å²) in [6.45, 7) is 1.96. The molecule has 1 fully saturated rings. The summed E-state index contributed by atoms with van der Waals surface area (Å²) < 4.78 is 43.3. The van der Waals surface area contributed by atoms with E-state index in [9.17, 15) is 13.2 Å². The Morgan fingerprint density at radius 3 is 2.46 bits per heavy atom. The summed E-state index contributed by atoms with van der Waals surface area (Å²) in [7, 11) is -3.67. The number of nitrogens with zero attached hydrogens (tertiary/aromatic N) is 2. The van der Waals surface area contributed by atoms with Gasteiger partial charge in [-0.2, -0.15) is 4.31 Å². The first-order valence-electron chi connectivity index (χ1n) is 8.94. The van der Waals surface area contributed by atoms with Gasteiger partial charge in [-0.3, -0.25) is 4.79 Å². The molecule has 2 aliphatic rings. The molecule has 0 N–H and O–H groups in total. The van der Waals surface area contributed by atoms with Gasteiger partial charge in [0.2, 0.25) is 15.9 Å². The number of piperazine rings is 1. The van der Waals surface area contributed by atoms with E-state index >= 15 is 0 Å². The van der Waals surface area contributed by atoms with Gasteiger partial charge in [-0.15, -0.1) is 0 Å². The highest BCUT2D eigenvalue weighted by atomic mass is 32.2. The van der Waals surface area contributed by atoms with Gasteiger partial charge in [0, 0.05) is 38.3 Å². The lowest BCUT2D eigenvalue weighted by Gasteiger charge is -2.33. The molecular weight excluding hydrogens is 384 g/mol. The molecule has 0 spiro atoms. The first-order chi connectivity index (χ1) is 13.5. The van der Waals surface area contributed by atoms with Crippen molar-refractivity contribution in [3.05, 3.63) is 48.4 Å². The maximum absolute atomic E-state index is 12.9. The van der Waals surface area contributed by atoms with E-state index in [1.54, 1.807) is 29.2 Å². The fraction of sp³-hybridized carbons (Fsp3) is 0.316. The van der Waals surface area contributed by atoms with Crippen molar-refractivity contribution in [1.82, 2.24) is 9.21 Å². The summed E-state index contributed by atoms with van der Waals surface area (Å²) in [5, 5.41) is 0. The molecule has 0 radical (unpaired) electrons. The molecule has 2 aromatic rings. The number of fused-ring (bicyclic) bond motifs is 1. The van der Waals surface area contributed by atoms with Crippen LogP contribution in [0.3, 0.4) is 0 Å². The van der Waals surface area contributed by atoms with Crippen LogP contribution in [0.2, 0.25) is 0 Å². The molecule has 1 aromatic heterocycles. The molecule has 1 saturated heterocycles. The molecule has 8 nitrogen and oxygen atoms in total. The van der Waals surface area contributed by atoms with Gasteiger partial charge >= 0.3 is 0 Å². The zero-order chi connectivity index (χ0) is 19.6. The SMILES string of the molecule is O=C(/C=C/c1ccco1)N1CCN(S(=O)(=O)c2ccc3c(c2)OCCO3)CC1. The minimum Gasteiger partial charge on any atom is -0.486 e. The number of amides is 1. The standard InChI is InChI=1S/C19H20N2O6S/c22-19(6-3-15-2-1-11-25-15)20-7-9-21(10-8-20)28(23,24)16-4-5-17-18(14-16)27-13-12-26-17/h1-6,11,14H,7-10,12-13H2/b6-3+. The van der Waals surface area contributed by atoms with Crippen molar-refractivity contribution in [2.45, 2.75) is 4.90 Å². The second-order valence-electron chi connectivity index (χ2n) is 6.38. The maximum atomic E-state index is 12.9. The molecular formula is C19H20N2O6S. The van der Waals surface area contributed by atoms with Crippen molar-refractivity contribution < 1.29 is 27.1 Å². The van der Waals surface area contributed by atoms with Gasteiger partial charge in [0.1, 0.15) is 19.0 Å². The molecule has 9 heteroatoms. The van der Waals surface area contributed by atoms with Gasteiger partial charge in [0.25, 0.3) is 0 Å². The molecule has 0 saturated carbocycles. The van der Waals surface area contributed by atoms with Crippen molar-refractivity contribution in [2.24, 2.45) is 0 Å². The first kappa shape index (κ1) is 18.6. The average Bonchev–Trinajstić information content (AvgIpc) is 3.25. The molecule has 0 bridgehead atoms. The Morgan fingerprint density at radius 1 is 1.00 bits per heavy atom. The smallest absolute Gasteiger partial charge is 0.246 e. The van der Waals surface area contributed by atoms with E-state index < -0.39 is 10.0 Å². The van der Waals surface area contributed by atoms with Crippen LogP contribution in [0, 0.1) is 0 Å². The average molecular weight is 404 g/mol. The highest BCUT2D eigenvalue weighted by Gasteiger charge is 2.30. The van der Waals surface area contributed by atoms with Gasteiger partial charge in [-0.05, 0) is 30.3 Å². The summed E-state index contributed by atoms with van der Waals surface area (Å²) in [5.41, 5.74) is 0. The molecule has 1 aromatic carbocycles. The van der Waals surface area contributed by atoms with Crippen molar-refractivity contribution in [3.63, 3.8) is 0 Å². The second-order valence-corrected chi connectivity index (χ2v) is 8.32. The zero-order valence-electron chi connectivity index (χ0n) is 15.1. The summed E-state index contributed by atoms with van der Waals surface area (Å²) in [6, 6.07) is 8.12. The number of benzene rings is 1. The van der Waals surface area contributed by atoms with Crippen LogP contribution in [0.4, 0.5) is 0 Å². The Morgan fingerprint density at radius 2 is 1.75 bits per heavy atom. The third-order valence-corrected chi connectivity index (χ3v) is 6.53. The van der Waals surface area contributed by atoms with Gasteiger partial charge < -0.3 is 18.8 Å². The predicted octanol–water partition coefficient (Wildman–Crippen LogP) is 1.60. The van der Waals surface area contributed by atoms with Crippen LogP contribution in [0.1, 0.15) is 5.76 Å². The lowest BCUT2D eigenvalue weighted by atomic mass is 10.3. The van der Waals surface area contributed by atoms with Gasteiger partial charge in [0.05, 0.1) is 11.2 Å². The summed E-state index contributed by atoms with van der Waals surface area (Å²) in [5.74, 6) is 1.40. The molecule has 4 rings (SSSR count). The molecule has 0 aliphatic carbocycles. The van der Waals surface area contributed by atoms with E-state index in [0.29, 0.717) is 43.6 Å². The number of rotatable bonds is 4. The Kier molecular flexibility index (Phi) is 5.10. The number of hydrogen-bond acceptors (Lipinski definition) is 6. The molecule has 0 unspecified atom stereocenters. The Bertz CT molecular complexity index is 976. The third kappa shape index (κ3) is 3.76. The van der Waals surface area contributed by atoms with Crippen molar-refractivity contribution in [3.8, 4) is 11.5 Å². The number of carbonyl (C=O) groups is 1. The number of hydrogen-bond donors (Lipinski definition) is 0. The highest BCUT2D eigenvalue weighted by Crippen LogP contribution is 2.33. The Balaban J connectivity index is 1.40. The molecule has 1 amide bonds.